The first-order chi connectivity index (χ1) is 10.6. The molecule has 6 aliphatic rings. The van der Waals surface area contributed by atoms with E-state index in [9.17, 15) is 0 Å². The van der Waals surface area contributed by atoms with Crippen molar-refractivity contribution in [2.24, 2.45) is 23.7 Å². The first kappa shape index (κ1) is 14.5. The maximum atomic E-state index is 6.61. The summed E-state index contributed by atoms with van der Waals surface area (Å²) in [5.41, 5.74) is 2.34. The zero-order chi connectivity index (χ0) is 15.2. The standard InChI is InChI=1S/C18H16Cl4/c19-15-13-9-5-6-10(14(13)16(20)18(22)17(15)21)12-8-2-1-7(3-4-8)11(9)12/h5-12H,1-4H2. The van der Waals surface area contributed by atoms with E-state index in [-0.39, 0.29) is 0 Å². The van der Waals surface area contributed by atoms with Crippen molar-refractivity contribution in [3.63, 3.8) is 0 Å². The molecule has 0 amide bonds. The molecule has 7 rings (SSSR count). The van der Waals surface area contributed by atoms with E-state index in [1.165, 1.54) is 36.8 Å². The molecule has 4 heteroatoms. The van der Waals surface area contributed by atoms with Gasteiger partial charge in [0.2, 0.25) is 0 Å². The molecule has 6 aliphatic carbocycles. The number of allylic oxidation sites excluding steroid dienone is 2. The molecule has 0 N–H and O–H groups in total. The largest absolute Gasteiger partial charge is 0.0823 e. The van der Waals surface area contributed by atoms with Crippen molar-refractivity contribution in [3.8, 4) is 0 Å². The molecule has 4 atom stereocenters. The minimum absolute atomic E-state index is 0.373. The molecular weight excluding hydrogens is 358 g/mol. The maximum absolute atomic E-state index is 6.61. The van der Waals surface area contributed by atoms with Crippen molar-refractivity contribution < 1.29 is 0 Å². The van der Waals surface area contributed by atoms with Crippen molar-refractivity contribution in [3.05, 3.63) is 43.4 Å². The molecule has 116 valence electrons. The van der Waals surface area contributed by atoms with Crippen LogP contribution in [0.5, 0.6) is 0 Å². The third-order valence-electron chi connectivity index (χ3n) is 6.71. The summed E-state index contributed by atoms with van der Waals surface area (Å²) >= 11 is 25.9. The average molecular weight is 374 g/mol. The topological polar surface area (TPSA) is 0 Å². The predicted molar refractivity (Wildman–Crippen MR) is 93.5 cm³/mol. The Morgan fingerprint density at radius 2 is 0.955 bits per heavy atom. The molecular formula is C18H16Cl4. The summed E-state index contributed by atoms with van der Waals surface area (Å²) in [5, 5.41) is 2.10. The number of halogens is 4. The fraction of sp³-hybridized carbons (Fsp3) is 0.556. The van der Waals surface area contributed by atoms with Crippen molar-refractivity contribution in [2.45, 2.75) is 37.5 Å². The van der Waals surface area contributed by atoms with Crippen molar-refractivity contribution in [1.82, 2.24) is 0 Å². The molecule has 0 spiro atoms. The van der Waals surface area contributed by atoms with Crippen molar-refractivity contribution in [2.75, 3.05) is 0 Å². The van der Waals surface area contributed by atoms with Crippen LogP contribution in [0.1, 0.15) is 48.6 Å². The van der Waals surface area contributed by atoms with Crippen molar-refractivity contribution in [1.29, 1.82) is 0 Å². The predicted octanol–water partition coefficient (Wildman–Crippen LogP) is 7.10. The molecule has 4 bridgehead atoms. The third kappa shape index (κ3) is 1.63. The van der Waals surface area contributed by atoms with Crippen LogP contribution in [0.15, 0.2) is 12.2 Å². The first-order valence-corrected chi connectivity index (χ1v) is 9.64. The third-order valence-corrected chi connectivity index (χ3v) is 8.54. The Kier molecular flexibility index (Phi) is 3.17. The molecule has 4 unspecified atom stereocenters. The Balaban J connectivity index is 1.78. The van der Waals surface area contributed by atoms with Gasteiger partial charge in [-0.3, -0.25) is 0 Å². The fourth-order valence-electron chi connectivity index (χ4n) is 6.00. The molecule has 0 aliphatic heterocycles. The number of fused-ring (bicyclic) bond motifs is 2. The van der Waals surface area contributed by atoms with Gasteiger partial charge in [0.25, 0.3) is 0 Å². The second kappa shape index (κ2) is 4.82. The Morgan fingerprint density at radius 1 is 0.591 bits per heavy atom. The lowest BCUT2D eigenvalue weighted by Gasteiger charge is -2.58. The highest BCUT2D eigenvalue weighted by Crippen LogP contribution is 2.66. The Hall–Kier alpha value is 0.120. The van der Waals surface area contributed by atoms with E-state index >= 15 is 0 Å². The number of benzene rings is 1. The lowest BCUT2D eigenvalue weighted by atomic mass is 9.46. The van der Waals surface area contributed by atoms with E-state index in [0.717, 1.165) is 23.7 Å². The Bertz CT molecular complexity index is 641. The van der Waals surface area contributed by atoms with E-state index in [2.05, 4.69) is 12.2 Å². The van der Waals surface area contributed by atoms with Gasteiger partial charge in [0.05, 0.1) is 20.1 Å². The Morgan fingerprint density at radius 3 is 1.32 bits per heavy atom. The summed E-state index contributed by atoms with van der Waals surface area (Å²) in [7, 11) is 0. The molecule has 0 nitrogen and oxygen atoms in total. The van der Waals surface area contributed by atoms with E-state index in [1.54, 1.807) is 0 Å². The molecule has 3 saturated carbocycles. The number of hydrogen-bond donors (Lipinski definition) is 0. The van der Waals surface area contributed by atoms with Crippen LogP contribution in [-0.2, 0) is 0 Å². The van der Waals surface area contributed by atoms with Gasteiger partial charge in [-0.05, 0) is 60.5 Å². The van der Waals surface area contributed by atoms with Crippen LogP contribution in [-0.4, -0.2) is 0 Å². The lowest BCUT2D eigenvalue weighted by Crippen LogP contribution is -2.49. The summed E-state index contributed by atoms with van der Waals surface area (Å²) in [6, 6.07) is 0. The van der Waals surface area contributed by atoms with Gasteiger partial charge >= 0.3 is 0 Å². The molecule has 22 heavy (non-hydrogen) atoms. The second-order valence-electron chi connectivity index (χ2n) is 7.35. The van der Waals surface area contributed by atoms with Gasteiger partial charge in [-0.15, -0.1) is 0 Å². The zero-order valence-corrected chi connectivity index (χ0v) is 15.0. The maximum Gasteiger partial charge on any atom is 0.0796 e. The summed E-state index contributed by atoms with van der Waals surface area (Å²) in [6.07, 6.45) is 10.2. The quantitative estimate of drug-likeness (QED) is 0.258. The molecule has 1 aromatic rings. The van der Waals surface area contributed by atoms with Crippen LogP contribution < -0.4 is 0 Å². The van der Waals surface area contributed by atoms with E-state index in [1.807, 2.05) is 0 Å². The van der Waals surface area contributed by atoms with E-state index in [0.29, 0.717) is 31.9 Å². The number of rotatable bonds is 0. The molecule has 1 aromatic carbocycles. The summed E-state index contributed by atoms with van der Waals surface area (Å²) in [6.45, 7) is 0. The van der Waals surface area contributed by atoms with Gasteiger partial charge in [-0.25, -0.2) is 0 Å². The molecule has 0 saturated heterocycles. The fourth-order valence-corrected chi connectivity index (χ4v) is 7.13. The van der Waals surface area contributed by atoms with Crippen LogP contribution in [0.2, 0.25) is 20.1 Å². The highest BCUT2D eigenvalue weighted by atomic mass is 35.5. The first-order valence-electron chi connectivity index (χ1n) is 8.13. The van der Waals surface area contributed by atoms with E-state index < -0.39 is 0 Å². The number of hydrogen-bond acceptors (Lipinski definition) is 0. The summed E-state index contributed by atoms with van der Waals surface area (Å²) in [4.78, 5) is 0. The molecule has 0 aromatic heterocycles. The normalized spacial score (nSPS) is 40.7. The molecule has 3 fully saturated rings. The summed E-state index contributed by atoms with van der Waals surface area (Å²) < 4.78 is 0. The van der Waals surface area contributed by atoms with Crippen LogP contribution in [0, 0.1) is 23.7 Å². The molecule has 0 radical (unpaired) electrons. The van der Waals surface area contributed by atoms with Crippen LogP contribution in [0.25, 0.3) is 0 Å². The van der Waals surface area contributed by atoms with Crippen LogP contribution in [0.3, 0.4) is 0 Å². The molecule has 0 heterocycles. The van der Waals surface area contributed by atoms with E-state index in [4.69, 9.17) is 46.4 Å². The van der Waals surface area contributed by atoms with Gasteiger partial charge in [0, 0.05) is 11.8 Å². The summed E-state index contributed by atoms with van der Waals surface area (Å²) in [5.74, 6) is 3.87. The minimum atomic E-state index is 0.373. The average Bonchev–Trinajstić information content (AvgIpc) is 2.58. The Labute approximate surface area is 150 Å². The monoisotopic (exact) mass is 372 g/mol. The minimum Gasteiger partial charge on any atom is -0.0823 e. The second-order valence-corrected chi connectivity index (χ2v) is 8.86. The van der Waals surface area contributed by atoms with Crippen LogP contribution in [0.4, 0.5) is 0 Å². The highest BCUT2D eigenvalue weighted by Gasteiger charge is 2.55. The zero-order valence-electron chi connectivity index (χ0n) is 12.0. The van der Waals surface area contributed by atoms with Gasteiger partial charge < -0.3 is 0 Å². The van der Waals surface area contributed by atoms with Gasteiger partial charge in [0.15, 0.2) is 0 Å². The smallest absolute Gasteiger partial charge is 0.0796 e. The van der Waals surface area contributed by atoms with Gasteiger partial charge in [0.1, 0.15) is 0 Å². The van der Waals surface area contributed by atoms with Gasteiger partial charge in [-0.2, -0.15) is 0 Å². The van der Waals surface area contributed by atoms with Gasteiger partial charge in [-0.1, -0.05) is 58.6 Å². The lowest BCUT2D eigenvalue weighted by molar-refractivity contribution is -0.00634. The highest BCUT2D eigenvalue weighted by molar-refractivity contribution is 6.52. The van der Waals surface area contributed by atoms with Crippen LogP contribution >= 0.6 is 46.4 Å². The SMILES string of the molecule is Clc1c(Cl)c(Cl)c2c(c1Cl)C1C=CC2C2C3CCC(CC3)C12. The van der Waals surface area contributed by atoms with Crippen molar-refractivity contribution >= 4 is 46.4 Å².